The van der Waals surface area contributed by atoms with Crippen LogP contribution in [0, 0.1) is 10.5 Å². The molecule has 0 aromatic heterocycles. The number of benzene rings is 3. The molecule has 6 nitrogen and oxygen atoms in total. The fourth-order valence-corrected chi connectivity index (χ4v) is 3.42. The molecule has 0 atom stereocenters. The summed E-state index contributed by atoms with van der Waals surface area (Å²) < 4.78 is 17.9. The number of hydrazone groups is 1. The van der Waals surface area contributed by atoms with Crippen LogP contribution in [0.5, 0.6) is 17.2 Å². The molecule has 166 valence electrons. The molecule has 1 N–H and O–H groups in total. The maximum Gasteiger partial charge on any atom is 0.271 e. The van der Waals surface area contributed by atoms with E-state index in [0.717, 1.165) is 14.7 Å². The van der Waals surface area contributed by atoms with E-state index in [2.05, 4.69) is 52.2 Å². The van der Waals surface area contributed by atoms with Crippen molar-refractivity contribution in [3.63, 3.8) is 0 Å². The van der Waals surface area contributed by atoms with Crippen molar-refractivity contribution in [2.75, 3.05) is 13.7 Å². The van der Waals surface area contributed by atoms with Gasteiger partial charge in [0.2, 0.25) is 0 Å². The molecule has 3 aromatic carbocycles. The van der Waals surface area contributed by atoms with Gasteiger partial charge in [0.1, 0.15) is 12.4 Å². The van der Waals surface area contributed by atoms with Gasteiger partial charge in [0.25, 0.3) is 5.91 Å². The lowest BCUT2D eigenvalue weighted by molar-refractivity contribution is 0.0954. The minimum Gasteiger partial charge on any atom is -0.496 e. The molecule has 3 aromatic rings. The van der Waals surface area contributed by atoms with Crippen LogP contribution >= 0.6 is 22.6 Å². The minimum absolute atomic E-state index is 0.320. The molecule has 0 radical (unpaired) electrons. The Morgan fingerprint density at radius 1 is 1.00 bits per heavy atom. The first-order valence-electron chi connectivity index (χ1n) is 10.1. The highest BCUT2D eigenvalue weighted by Gasteiger charge is 2.09. The second kappa shape index (κ2) is 11.5. The average molecular weight is 544 g/mol. The molecule has 0 spiro atoms. The highest BCUT2D eigenvalue weighted by molar-refractivity contribution is 14.1. The first-order chi connectivity index (χ1) is 15.5. The number of rotatable bonds is 9. The summed E-state index contributed by atoms with van der Waals surface area (Å²) in [7, 11) is 1.57. The fourth-order valence-electron chi connectivity index (χ4n) is 2.87. The smallest absolute Gasteiger partial charge is 0.271 e. The van der Waals surface area contributed by atoms with Crippen LogP contribution in [0.15, 0.2) is 65.8 Å². The molecule has 0 saturated heterocycles. The van der Waals surface area contributed by atoms with E-state index in [0.29, 0.717) is 36.0 Å². The number of hydrogen-bond donors (Lipinski definition) is 1. The second-order valence-corrected chi connectivity index (χ2v) is 8.12. The van der Waals surface area contributed by atoms with Gasteiger partial charge in [-0.2, -0.15) is 5.10 Å². The van der Waals surface area contributed by atoms with E-state index in [9.17, 15) is 4.79 Å². The zero-order valence-electron chi connectivity index (χ0n) is 18.2. The number of hydrogen-bond acceptors (Lipinski definition) is 5. The summed E-state index contributed by atoms with van der Waals surface area (Å²) in [5.74, 6) is 1.60. The highest BCUT2D eigenvalue weighted by Crippen LogP contribution is 2.29. The molecular weight excluding hydrogens is 519 g/mol. The topological polar surface area (TPSA) is 69.2 Å². The molecule has 0 fully saturated rings. The first kappa shape index (κ1) is 23.6. The molecule has 0 saturated carbocycles. The van der Waals surface area contributed by atoms with Gasteiger partial charge in [-0.1, -0.05) is 29.8 Å². The maximum absolute atomic E-state index is 12.4. The van der Waals surface area contributed by atoms with Crippen molar-refractivity contribution in [3.05, 3.63) is 86.5 Å². The van der Waals surface area contributed by atoms with E-state index in [-0.39, 0.29) is 5.91 Å². The van der Waals surface area contributed by atoms with Crippen LogP contribution in [-0.2, 0) is 6.61 Å². The number of methoxy groups -OCH3 is 1. The largest absolute Gasteiger partial charge is 0.496 e. The lowest BCUT2D eigenvalue weighted by Crippen LogP contribution is -2.17. The number of carbonyl (C=O) groups excluding carboxylic acids is 1. The predicted octanol–water partition coefficient (Wildman–Crippen LogP) is 5.35. The van der Waals surface area contributed by atoms with Crippen LogP contribution in [0.1, 0.15) is 34.0 Å². The van der Waals surface area contributed by atoms with Crippen molar-refractivity contribution in [3.8, 4) is 17.2 Å². The van der Waals surface area contributed by atoms with Gasteiger partial charge in [0.05, 0.1) is 23.5 Å². The molecule has 0 aliphatic rings. The Balaban J connectivity index is 1.65. The van der Waals surface area contributed by atoms with Crippen LogP contribution in [0.4, 0.5) is 0 Å². The highest BCUT2D eigenvalue weighted by atomic mass is 127. The lowest BCUT2D eigenvalue weighted by atomic mass is 10.2. The summed E-state index contributed by atoms with van der Waals surface area (Å²) in [4.78, 5) is 12.4. The number of nitrogens with zero attached hydrogens (tertiary/aromatic N) is 1. The normalized spacial score (nSPS) is 10.8. The maximum atomic E-state index is 12.4. The summed E-state index contributed by atoms with van der Waals surface area (Å²) in [6.07, 6.45) is 1.56. The van der Waals surface area contributed by atoms with E-state index < -0.39 is 0 Å². The van der Waals surface area contributed by atoms with Crippen molar-refractivity contribution in [1.82, 2.24) is 5.43 Å². The SMILES string of the molecule is CCOc1cc(/C=N\NC(=O)c2ccc(I)c(OC)c2)ccc1OCc1ccc(C)cc1. The zero-order valence-corrected chi connectivity index (χ0v) is 20.4. The summed E-state index contributed by atoms with van der Waals surface area (Å²) in [5, 5.41) is 4.06. The van der Waals surface area contributed by atoms with Crippen molar-refractivity contribution >= 4 is 34.7 Å². The van der Waals surface area contributed by atoms with Gasteiger partial charge in [-0.15, -0.1) is 0 Å². The Kier molecular flexibility index (Phi) is 8.49. The Morgan fingerprint density at radius 3 is 2.50 bits per heavy atom. The van der Waals surface area contributed by atoms with Crippen LogP contribution in [0.2, 0.25) is 0 Å². The van der Waals surface area contributed by atoms with E-state index in [1.54, 1.807) is 25.5 Å². The van der Waals surface area contributed by atoms with Crippen molar-refractivity contribution < 1.29 is 19.0 Å². The molecule has 32 heavy (non-hydrogen) atoms. The van der Waals surface area contributed by atoms with Crippen LogP contribution in [0.25, 0.3) is 0 Å². The molecular formula is C25H25IN2O4. The van der Waals surface area contributed by atoms with E-state index in [1.165, 1.54) is 5.56 Å². The van der Waals surface area contributed by atoms with E-state index in [4.69, 9.17) is 14.2 Å². The molecule has 0 aliphatic carbocycles. The summed E-state index contributed by atoms with van der Waals surface area (Å²) in [5.41, 5.74) is 6.07. The third-order valence-electron chi connectivity index (χ3n) is 4.58. The number of ether oxygens (including phenoxy) is 3. The fraction of sp³-hybridized carbons (Fsp3) is 0.200. The van der Waals surface area contributed by atoms with Gasteiger partial charge in [0.15, 0.2) is 11.5 Å². The quantitative estimate of drug-likeness (QED) is 0.224. The van der Waals surface area contributed by atoms with Crippen LogP contribution in [-0.4, -0.2) is 25.8 Å². The van der Waals surface area contributed by atoms with E-state index in [1.807, 2.05) is 43.3 Å². The number of aryl methyl sites for hydroxylation is 1. The molecule has 0 aliphatic heterocycles. The zero-order chi connectivity index (χ0) is 22.9. The molecule has 0 heterocycles. The number of carbonyl (C=O) groups is 1. The first-order valence-corrected chi connectivity index (χ1v) is 11.2. The Labute approximate surface area is 201 Å². The molecule has 0 bridgehead atoms. The van der Waals surface area contributed by atoms with Crippen LogP contribution in [0.3, 0.4) is 0 Å². The summed E-state index contributed by atoms with van der Waals surface area (Å²) in [6.45, 7) is 4.92. The van der Waals surface area contributed by atoms with Gasteiger partial charge >= 0.3 is 0 Å². The molecule has 3 rings (SSSR count). The van der Waals surface area contributed by atoms with Crippen LogP contribution < -0.4 is 19.6 Å². The lowest BCUT2D eigenvalue weighted by Gasteiger charge is -2.13. The third-order valence-corrected chi connectivity index (χ3v) is 5.47. The summed E-state index contributed by atoms with van der Waals surface area (Å²) >= 11 is 2.15. The molecule has 0 unspecified atom stereocenters. The number of halogens is 1. The van der Waals surface area contributed by atoms with Crippen molar-refractivity contribution in [2.45, 2.75) is 20.5 Å². The number of amides is 1. The van der Waals surface area contributed by atoms with Gasteiger partial charge in [-0.25, -0.2) is 5.43 Å². The Bertz CT molecular complexity index is 1100. The molecule has 1 amide bonds. The monoisotopic (exact) mass is 544 g/mol. The van der Waals surface area contributed by atoms with Crippen molar-refractivity contribution in [1.29, 1.82) is 0 Å². The van der Waals surface area contributed by atoms with E-state index >= 15 is 0 Å². The standard InChI is InChI=1S/C25H25IN2O4/c1-4-31-24-13-19(9-12-22(24)32-16-18-7-5-17(2)6-8-18)15-27-28-25(29)20-10-11-21(26)23(14-20)30-3/h5-15H,4,16H2,1-3H3,(H,28,29)/b27-15-. The van der Waals surface area contributed by atoms with Gasteiger partial charge in [-0.3, -0.25) is 4.79 Å². The summed E-state index contributed by atoms with van der Waals surface area (Å²) in [6, 6.07) is 19.0. The third kappa shape index (κ3) is 6.46. The second-order valence-electron chi connectivity index (χ2n) is 6.96. The average Bonchev–Trinajstić information content (AvgIpc) is 2.80. The predicted molar refractivity (Wildman–Crippen MR) is 134 cm³/mol. The van der Waals surface area contributed by atoms with Crippen molar-refractivity contribution in [2.24, 2.45) is 5.10 Å². The minimum atomic E-state index is -0.320. The Morgan fingerprint density at radius 2 is 1.78 bits per heavy atom. The Hall–Kier alpha value is -3.07. The van der Waals surface area contributed by atoms with Gasteiger partial charge < -0.3 is 14.2 Å². The molecule has 7 heteroatoms. The van der Waals surface area contributed by atoms with Gasteiger partial charge in [0, 0.05) is 5.56 Å². The van der Waals surface area contributed by atoms with Gasteiger partial charge in [-0.05, 0) is 84.0 Å². The number of nitrogens with one attached hydrogen (secondary N) is 1.